The molecular formula is C50H31N3S2. The summed E-state index contributed by atoms with van der Waals surface area (Å²) in [5, 5.41) is 21.5. The second-order valence-electron chi connectivity index (χ2n) is 13.9. The number of rotatable bonds is 6. The number of benzene rings is 7. The second kappa shape index (κ2) is 13.7. The quantitative estimate of drug-likeness (QED) is 0.170. The van der Waals surface area contributed by atoms with Crippen LogP contribution >= 0.6 is 23.1 Å². The van der Waals surface area contributed by atoms with E-state index in [0.29, 0.717) is 11.5 Å². The number of anilines is 3. The number of fused-ring (bicyclic) bond motifs is 6. The van der Waals surface area contributed by atoms with E-state index in [-0.39, 0.29) is 5.25 Å². The molecule has 10 rings (SSSR count). The maximum atomic E-state index is 9.42. The third-order valence-corrected chi connectivity index (χ3v) is 13.1. The van der Waals surface area contributed by atoms with E-state index in [2.05, 4.69) is 169 Å². The molecule has 2 atom stereocenters. The van der Waals surface area contributed by atoms with Crippen LogP contribution in [0.15, 0.2) is 186 Å². The highest BCUT2D eigenvalue weighted by molar-refractivity contribution is 8.00. The third-order valence-electron chi connectivity index (χ3n) is 10.7. The Kier molecular flexibility index (Phi) is 8.19. The fraction of sp³-hybridized carbons (Fsp3) is 0.0400. The van der Waals surface area contributed by atoms with Crippen LogP contribution in [0.5, 0.6) is 0 Å². The van der Waals surface area contributed by atoms with Crippen molar-refractivity contribution in [2.75, 3.05) is 4.90 Å². The zero-order chi connectivity index (χ0) is 36.9. The van der Waals surface area contributed by atoms with E-state index < -0.39 is 0 Å². The molecule has 2 unspecified atom stereocenters. The van der Waals surface area contributed by atoms with Crippen LogP contribution in [-0.4, -0.2) is 5.25 Å². The van der Waals surface area contributed by atoms with Crippen LogP contribution < -0.4 is 4.90 Å². The van der Waals surface area contributed by atoms with Crippen molar-refractivity contribution in [2.45, 2.75) is 16.1 Å². The van der Waals surface area contributed by atoms with Crippen molar-refractivity contribution in [2.24, 2.45) is 0 Å². The van der Waals surface area contributed by atoms with Gasteiger partial charge in [-0.3, -0.25) is 0 Å². The lowest BCUT2D eigenvalue weighted by atomic mass is 9.89. The number of nitrogens with zero attached hydrogens (tertiary/aromatic N) is 3. The summed E-state index contributed by atoms with van der Waals surface area (Å²) in [7, 11) is 0. The Morgan fingerprint density at radius 1 is 0.509 bits per heavy atom. The van der Waals surface area contributed by atoms with Gasteiger partial charge in [0.05, 0.1) is 17.7 Å². The Morgan fingerprint density at radius 3 is 1.69 bits per heavy atom. The van der Waals surface area contributed by atoms with E-state index in [9.17, 15) is 10.5 Å². The van der Waals surface area contributed by atoms with E-state index in [1.165, 1.54) is 53.7 Å². The minimum atomic E-state index is 0.276. The van der Waals surface area contributed by atoms with E-state index in [1.807, 2.05) is 36.0 Å². The molecule has 2 heterocycles. The predicted molar refractivity (Wildman–Crippen MR) is 230 cm³/mol. The molecule has 0 saturated heterocycles. The van der Waals surface area contributed by atoms with Crippen molar-refractivity contribution in [1.29, 1.82) is 10.5 Å². The zero-order valence-corrected chi connectivity index (χ0v) is 31.2. The summed E-state index contributed by atoms with van der Waals surface area (Å²) in [6, 6.07) is 61.0. The zero-order valence-electron chi connectivity index (χ0n) is 29.6. The van der Waals surface area contributed by atoms with Crippen LogP contribution in [0.25, 0.3) is 53.6 Å². The van der Waals surface area contributed by atoms with Gasteiger partial charge in [-0.2, -0.15) is 10.5 Å². The molecular weight excluding hydrogens is 707 g/mol. The molecule has 7 aromatic carbocycles. The molecule has 0 amide bonds. The number of nitriles is 2. The van der Waals surface area contributed by atoms with Gasteiger partial charge in [-0.1, -0.05) is 109 Å². The van der Waals surface area contributed by atoms with Gasteiger partial charge in [0.2, 0.25) is 0 Å². The lowest BCUT2D eigenvalue weighted by molar-refractivity contribution is 0.876. The Morgan fingerprint density at radius 2 is 1.05 bits per heavy atom. The summed E-state index contributed by atoms with van der Waals surface area (Å²) < 4.78 is 2.35. The van der Waals surface area contributed by atoms with Crippen LogP contribution in [0, 0.1) is 22.7 Å². The molecule has 5 heteroatoms. The lowest BCUT2D eigenvalue weighted by Gasteiger charge is -2.26. The summed E-state index contributed by atoms with van der Waals surface area (Å²) in [6.45, 7) is 0. The van der Waals surface area contributed by atoms with Crippen LogP contribution in [0.1, 0.15) is 17.0 Å². The molecule has 0 radical (unpaired) electrons. The van der Waals surface area contributed by atoms with E-state index in [1.54, 1.807) is 11.3 Å². The third kappa shape index (κ3) is 6.01. The fourth-order valence-electron chi connectivity index (χ4n) is 7.87. The van der Waals surface area contributed by atoms with E-state index in [4.69, 9.17) is 0 Å². The van der Waals surface area contributed by atoms with Crippen molar-refractivity contribution in [1.82, 2.24) is 0 Å². The minimum absolute atomic E-state index is 0.276. The SMILES string of the molecule is N#CC1=CC2Sc3cc(-c4ccc(N(c5ccc(-c6ccccc6)cc5)c5ccc(-c6ccc7c(c6)sc6cc(C#N)ccc67)cc5)cc4)ccc3C2C=C1. The summed E-state index contributed by atoms with van der Waals surface area (Å²) >= 11 is 3.59. The molecule has 0 fully saturated rings. The van der Waals surface area contributed by atoms with Gasteiger partial charge in [0, 0.05) is 58.9 Å². The molecule has 0 saturated carbocycles. The van der Waals surface area contributed by atoms with Gasteiger partial charge in [-0.15, -0.1) is 23.1 Å². The van der Waals surface area contributed by atoms with Gasteiger partial charge in [0.1, 0.15) is 0 Å². The van der Waals surface area contributed by atoms with Crippen LogP contribution in [0.2, 0.25) is 0 Å². The van der Waals surface area contributed by atoms with E-state index >= 15 is 0 Å². The topological polar surface area (TPSA) is 50.8 Å². The molecule has 1 aliphatic carbocycles. The summed E-state index contributed by atoms with van der Waals surface area (Å²) in [4.78, 5) is 3.61. The number of hydrogen-bond acceptors (Lipinski definition) is 5. The van der Waals surface area contributed by atoms with Crippen molar-refractivity contribution in [3.63, 3.8) is 0 Å². The average Bonchev–Trinajstić information content (AvgIpc) is 3.81. The van der Waals surface area contributed by atoms with Crippen LogP contribution in [0.3, 0.4) is 0 Å². The summed E-state index contributed by atoms with van der Waals surface area (Å²) in [5.41, 5.74) is 13.1. The Bertz CT molecular complexity index is 2910. The van der Waals surface area contributed by atoms with E-state index in [0.717, 1.165) is 32.9 Å². The van der Waals surface area contributed by atoms with Crippen molar-refractivity contribution >= 4 is 60.3 Å². The number of hydrogen-bond donors (Lipinski definition) is 0. The second-order valence-corrected chi connectivity index (χ2v) is 16.2. The molecule has 8 aromatic rings. The highest BCUT2D eigenvalue weighted by Crippen LogP contribution is 2.50. The minimum Gasteiger partial charge on any atom is -0.311 e. The first-order valence-corrected chi connectivity index (χ1v) is 20.0. The first kappa shape index (κ1) is 33.0. The van der Waals surface area contributed by atoms with Crippen molar-refractivity contribution in [3.8, 4) is 45.5 Å². The first-order valence-electron chi connectivity index (χ1n) is 18.3. The molecule has 0 N–H and O–H groups in total. The normalized spacial score (nSPS) is 15.6. The molecule has 0 spiro atoms. The fourth-order valence-corrected chi connectivity index (χ4v) is 10.5. The lowest BCUT2D eigenvalue weighted by Crippen LogP contribution is -2.09. The Balaban J connectivity index is 0.981. The Labute approximate surface area is 328 Å². The maximum Gasteiger partial charge on any atom is 0.0992 e. The van der Waals surface area contributed by atoms with Gasteiger partial charge in [-0.05, 0) is 106 Å². The maximum absolute atomic E-state index is 9.42. The highest BCUT2D eigenvalue weighted by Gasteiger charge is 2.32. The largest absolute Gasteiger partial charge is 0.311 e. The monoisotopic (exact) mass is 737 g/mol. The molecule has 1 aromatic heterocycles. The summed E-state index contributed by atoms with van der Waals surface area (Å²) in [5.74, 6) is 0.319. The average molecular weight is 738 g/mol. The molecule has 1 aliphatic heterocycles. The molecule has 3 nitrogen and oxygen atoms in total. The van der Waals surface area contributed by atoms with Crippen LogP contribution in [-0.2, 0) is 0 Å². The van der Waals surface area contributed by atoms with Crippen molar-refractivity contribution < 1.29 is 0 Å². The number of thiophene rings is 1. The van der Waals surface area contributed by atoms with Crippen molar-refractivity contribution in [3.05, 3.63) is 193 Å². The predicted octanol–water partition coefficient (Wildman–Crippen LogP) is 14.0. The smallest absolute Gasteiger partial charge is 0.0992 e. The van der Waals surface area contributed by atoms with Crippen LogP contribution in [0.4, 0.5) is 17.1 Å². The summed E-state index contributed by atoms with van der Waals surface area (Å²) in [6.07, 6.45) is 6.24. The first-order chi connectivity index (χ1) is 27.1. The highest BCUT2D eigenvalue weighted by atomic mass is 32.2. The standard InChI is InChI=1S/C50H31N3S2/c51-30-32-6-22-43-45-24-14-38(28-49(45)54-47(43)26-32)36-10-18-41(19-11-36)53(40-16-8-35(9-17-40)34-4-2-1-3-5-34)42-20-12-37(13-21-42)39-15-25-46-44-23-7-33(31-52)27-48(44)55-50(46)29-39/h1-29,43,47H. The molecule has 0 bridgehead atoms. The number of allylic oxidation sites excluding steroid dienone is 3. The van der Waals surface area contributed by atoms with Gasteiger partial charge in [0.25, 0.3) is 0 Å². The van der Waals surface area contributed by atoms with Gasteiger partial charge in [-0.25, -0.2) is 0 Å². The molecule has 2 aliphatic rings. The molecule has 258 valence electrons. The Hall–Kier alpha value is -6.63. The van der Waals surface area contributed by atoms with Gasteiger partial charge >= 0.3 is 0 Å². The van der Waals surface area contributed by atoms with Gasteiger partial charge < -0.3 is 4.90 Å². The molecule has 55 heavy (non-hydrogen) atoms. The number of thioether (sulfide) groups is 1. The van der Waals surface area contributed by atoms with Gasteiger partial charge in [0.15, 0.2) is 0 Å².